The molecule has 0 saturated carbocycles. The van der Waals surface area contributed by atoms with Gasteiger partial charge in [-0.2, -0.15) is 0 Å². The largest absolute Gasteiger partial charge is 0.484 e. The summed E-state index contributed by atoms with van der Waals surface area (Å²) in [6, 6.07) is 5.63. The Morgan fingerprint density at radius 3 is 2.55 bits per heavy atom. The van der Waals surface area contributed by atoms with E-state index in [1.807, 2.05) is 0 Å². The van der Waals surface area contributed by atoms with E-state index in [0.29, 0.717) is 18.2 Å². The Morgan fingerprint density at radius 2 is 2.05 bits per heavy atom. The Labute approximate surface area is 122 Å². The van der Waals surface area contributed by atoms with Crippen LogP contribution in [0.15, 0.2) is 24.3 Å². The molecule has 0 spiro atoms. The van der Waals surface area contributed by atoms with E-state index in [2.05, 4.69) is 10.6 Å². The molecule has 20 heavy (non-hydrogen) atoms. The highest BCUT2D eigenvalue weighted by Gasteiger charge is 2.17. The number of rotatable bonds is 6. The van der Waals surface area contributed by atoms with Gasteiger partial charge in [0.2, 0.25) is 0 Å². The SMILES string of the molecule is Cl.O=C(COc1ccc([N+](=O)[O-])cc1)NCC1CNC1. The second-order valence-electron chi connectivity index (χ2n) is 4.37. The number of hydrogen-bond donors (Lipinski definition) is 2. The molecule has 2 rings (SSSR count). The van der Waals surface area contributed by atoms with Gasteiger partial charge in [-0.1, -0.05) is 0 Å². The van der Waals surface area contributed by atoms with Crippen LogP contribution >= 0.6 is 12.4 Å². The molecular formula is C12H16ClN3O4. The molecule has 0 atom stereocenters. The maximum atomic E-state index is 11.5. The predicted octanol–water partition coefficient (Wildman–Crippen LogP) is 0.731. The number of nitrogens with one attached hydrogen (secondary N) is 2. The summed E-state index contributed by atoms with van der Waals surface area (Å²) in [4.78, 5) is 21.4. The van der Waals surface area contributed by atoms with Crippen LogP contribution in [0, 0.1) is 16.0 Å². The van der Waals surface area contributed by atoms with Crippen molar-refractivity contribution < 1.29 is 14.5 Å². The number of halogens is 1. The van der Waals surface area contributed by atoms with Crippen LogP contribution in [0.1, 0.15) is 0 Å². The lowest BCUT2D eigenvalue weighted by Crippen LogP contribution is -2.48. The third kappa shape index (κ3) is 4.67. The van der Waals surface area contributed by atoms with Crippen molar-refractivity contribution in [2.45, 2.75) is 0 Å². The van der Waals surface area contributed by atoms with Crippen LogP contribution in [0.4, 0.5) is 5.69 Å². The summed E-state index contributed by atoms with van der Waals surface area (Å²) in [5.41, 5.74) is -0.00529. The van der Waals surface area contributed by atoms with E-state index in [9.17, 15) is 14.9 Å². The predicted molar refractivity (Wildman–Crippen MR) is 75.2 cm³/mol. The monoisotopic (exact) mass is 301 g/mol. The molecule has 1 amide bonds. The van der Waals surface area contributed by atoms with Gasteiger partial charge in [0.05, 0.1) is 4.92 Å². The first-order chi connectivity index (χ1) is 9.15. The standard InChI is InChI=1S/C12H15N3O4.ClH/c16-12(14-7-9-5-13-6-9)8-19-11-3-1-10(2-4-11)15(17)18;/h1-4,9,13H,5-8H2,(H,14,16);1H. The van der Waals surface area contributed by atoms with Gasteiger partial charge >= 0.3 is 0 Å². The van der Waals surface area contributed by atoms with Crippen molar-refractivity contribution in [1.82, 2.24) is 10.6 Å². The average Bonchev–Trinajstić information content (AvgIpc) is 2.35. The van der Waals surface area contributed by atoms with E-state index < -0.39 is 4.92 Å². The lowest BCUT2D eigenvalue weighted by molar-refractivity contribution is -0.384. The molecule has 8 heteroatoms. The number of nitro groups is 1. The third-order valence-electron chi connectivity index (χ3n) is 2.87. The maximum absolute atomic E-state index is 11.5. The normalized spacial score (nSPS) is 13.8. The minimum absolute atomic E-state index is 0. The average molecular weight is 302 g/mol. The van der Waals surface area contributed by atoms with Crippen LogP contribution in [0.2, 0.25) is 0 Å². The minimum atomic E-state index is -0.483. The van der Waals surface area contributed by atoms with E-state index in [-0.39, 0.29) is 30.6 Å². The summed E-state index contributed by atoms with van der Waals surface area (Å²) in [6.07, 6.45) is 0. The highest BCUT2D eigenvalue weighted by Crippen LogP contribution is 2.17. The molecule has 1 aliphatic heterocycles. The summed E-state index contributed by atoms with van der Waals surface area (Å²) in [5.74, 6) is 0.750. The fourth-order valence-corrected chi connectivity index (χ4v) is 1.61. The number of nitro benzene ring substituents is 1. The summed E-state index contributed by atoms with van der Waals surface area (Å²) in [7, 11) is 0. The van der Waals surface area contributed by atoms with Gasteiger partial charge < -0.3 is 15.4 Å². The second kappa shape index (κ2) is 7.66. The first kappa shape index (κ1) is 16.2. The molecule has 110 valence electrons. The van der Waals surface area contributed by atoms with E-state index >= 15 is 0 Å². The van der Waals surface area contributed by atoms with Gasteiger partial charge in [0.1, 0.15) is 5.75 Å². The van der Waals surface area contributed by atoms with Crippen LogP contribution in [0.3, 0.4) is 0 Å². The fourth-order valence-electron chi connectivity index (χ4n) is 1.61. The highest BCUT2D eigenvalue weighted by molar-refractivity contribution is 5.85. The molecule has 2 N–H and O–H groups in total. The fraction of sp³-hybridized carbons (Fsp3) is 0.417. The molecule has 1 heterocycles. The zero-order valence-corrected chi connectivity index (χ0v) is 11.5. The van der Waals surface area contributed by atoms with Gasteiger partial charge in [0, 0.05) is 37.7 Å². The van der Waals surface area contributed by atoms with Gasteiger partial charge in [-0.25, -0.2) is 0 Å². The molecule has 0 aromatic heterocycles. The van der Waals surface area contributed by atoms with Crippen molar-refractivity contribution in [2.75, 3.05) is 26.2 Å². The molecule has 0 aliphatic carbocycles. The van der Waals surface area contributed by atoms with Crippen molar-refractivity contribution in [3.63, 3.8) is 0 Å². The first-order valence-corrected chi connectivity index (χ1v) is 6.00. The topological polar surface area (TPSA) is 93.5 Å². The zero-order chi connectivity index (χ0) is 13.7. The van der Waals surface area contributed by atoms with Crippen LogP contribution in [-0.2, 0) is 4.79 Å². The number of benzene rings is 1. The lowest BCUT2D eigenvalue weighted by atomic mass is 10.0. The van der Waals surface area contributed by atoms with E-state index in [4.69, 9.17) is 4.74 Å². The summed E-state index contributed by atoms with van der Waals surface area (Å²) in [5, 5.41) is 16.3. The Morgan fingerprint density at radius 1 is 1.40 bits per heavy atom. The van der Waals surface area contributed by atoms with Crippen molar-refractivity contribution in [2.24, 2.45) is 5.92 Å². The number of hydrogen-bond acceptors (Lipinski definition) is 5. The molecule has 1 fully saturated rings. The van der Waals surface area contributed by atoms with Gasteiger partial charge in [-0.3, -0.25) is 14.9 Å². The number of carbonyl (C=O) groups is 1. The number of non-ortho nitro benzene ring substituents is 1. The first-order valence-electron chi connectivity index (χ1n) is 6.00. The molecule has 7 nitrogen and oxygen atoms in total. The molecule has 1 aliphatic rings. The molecule has 1 aromatic carbocycles. The van der Waals surface area contributed by atoms with Crippen LogP contribution in [0.25, 0.3) is 0 Å². The summed E-state index contributed by atoms with van der Waals surface area (Å²) in [6.45, 7) is 2.43. The minimum Gasteiger partial charge on any atom is -0.484 e. The number of amides is 1. The third-order valence-corrected chi connectivity index (χ3v) is 2.87. The summed E-state index contributed by atoms with van der Waals surface area (Å²) < 4.78 is 5.24. The van der Waals surface area contributed by atoms with Crippen molar-refractivity contribution in [1.29, 1.82) is 0 Å². The van der Waals surface area contributed by atoms with E-state index in [1.54, 1.807) is 0 Å². The van der Waals surface area contributed by atoms with Crippen LogP contribution in [0.5, 0.6) is 5.75 Å². The second-order valence-corrected chi connectivity index (χ2v) is 4.37. The highest BCUT2D eigenvalue weighted by atomic mass is 35.5. The van der Waals surface area contributed by atoms with Gasteiger partial charge in [0.15, 0.2) is 6.61 Å². The number of carbonyl (C=O) groups excluding carboxylic acids is 1. The molecule has 1 saturated heterocycles. The smallest absolute Gasteiger partial charge is 0.269 e. The molecular weight excluding hydrogens is 286 g/mol. The summed E-state index contributed by atoms with van der Waals surface area (Å²) >= 11 is 0. The van der Waals surface area contributed by atoms with Crippen LogP contribution in [-0.4, -0.2) is 37.1 Å². The van der Waals surface area contributed by atoms with Gasteiger partial charge in [-0.15, -0.1) is 12.4 Å². The Bertz CT molecular complexity index is 462. The van der Waals surface area contributed by atoms with Crippen LogP contribution < -0.4 is 15.4 Å². The number of nitrogens with zero attached hydrogens (tertiary/aromatic N) is 1. The van der Waals surface area contributed by atoms with Gasteiger partial charge in [0.25, 0.3) is 11.6 Å². The number of ether oxygens (including phenoxy) is 1. The quantitative estimate of drug-likeness (QED) is 0.597. The van der Waals surface area contributed by atoms with Gasteiger partial charge in [-0.05, 0) is 12.1 Å². The van der Waals surface area contributed by atoms with E-state index in [1.165, 1.54) is 24.3 Å². The molecule has 0 radical (unpaired) electrons. The van der Waals surface area contributed by atoms with Crippen molar-refractivity contribution >= 4 is 24.0 Å². The lowest BCUT2D eigenvalue weighted by Gasteiger charge is -2.27. The Hall–Kier alpha value is -1.86. The molecule has 0 unspecified atom stereocenters. The Kier molecular flexibility index (Phi) is 6.20. The van der Waals surface area contributed by atoms with Crippen molar-refractivity contribution in [3.8, 4) is 5.75 Å². The molecule has 0 bridgehead atoms. The molecule has 1 aromatic rings. The Balaban J connectivity index is 0.00000200. The maximum Gasteiger partial charge on any atom is 0.269 e. The van der Waals surface area contributed by atoms with Crippen molar-refractivity contribution in [3.05, 3.63) is 34.4 Å². The van der Waals surface area contributed by atoms with E-state index in [0.717, 1.165) is 13.1 Å². The zero-order valence-electron chi connectivity index (χ0n) is 10.7.